The minimum atomic E-state index is 0.00404. The number of benzene rings is 1. The van der Waals surface area contributed by atoms with Gasteiger partial charge in [-0.15, -0.1) is 0 Å². The van der Waals surface area contributed by atoms with Gasteiger partial charge in [0.1, 0.15) is 11.6 Å². The standard InChI is InChI=1S/C16H19N3O/c1-3-11(2)12-4-6-14(7-5-12)20-15-10-13(16(17)18)8-9-19-15/h4-11H,3H2,1-2H3,(H3,17,18). The van der Waals surface area contributed by atoms with E-state index in [0.717, 1.165) is 12.2 Å². The molecule has 4 heteroatoms. The first-order valence-electron chi connectivity index (χ1n) is 6.68. The van der Waals surface area contributed by atoms with E-state index in [-0.39, 0.29) is 5.84 Å². The van der Waals surface area contributed by atoms with Crippen LogP contribution in [-0.2, 0) is 0 Å². The molecule has 1 unspecified atom stereocenters. The lowest BCUT2D eigenvalue weighted by molar-refractivity contribution is 0.462. The van der Waals surface area contributed by atoms with E-state index in [4.69, 9.17) is 15.9 Å². The first-order chi connectivity index (χ1) is 9.60. The molecule has 0 radical (unpaired) electrons. The van der Waals surface area contributed by atoms with Gasteiger partial charge < -0.3 is 10.5 Å². The topological polar surface area (TPSA) is 72.0 Å². The molecule has 0 aliphatic heterocycles. The Kier molecular flexibility index (Phi) is 4.35. The number of pyridine rings is 1. The molecule has 0 aliphatic rings. The highest BCUT2D eigenvalue weighted by Gasteiger charge is 2.05. The summed E-state index contributed by atoms with van der Waals surface area (Å²) in [7, 11) is 0. The molecule has 0 amide bonds. The summed E-state index contributed by atoms with van der Waals surface area (Å²) in [4.78, 5) is 4.12. The van der Waals surface area contributed by atoms with Crippen molar-refractivity contribution in [3.05, 3.63) is 53.7 Å². The summed E-state index contributed by atoms with van der Waals surface area (Å²) in [5.41, 5.74) is 7.34. The summed E-state index contributed by atoms with van der Waals surface area (Å²) in [6.45, 7) is 4.38. The Balaban J connectivity index is 2.14. The highest BCUT2D eigenvalue weighted by molar-refractivity contribution is 5.95. The van der Waals surface area contributed by atoms with Gasteiger partial charge in [-0.3, -0.25) is 5.41 Å². The van der Waals surface area contributed by atoms with E-state index < -0.39 is 0 Å². The molecule has 0 saturated carbocycles. The maximum atomic E-state index is 7.40. The zero-order valence-corrected chi connectivity index (χ0v) is 11.8. The molecule has 20 heavy (non-hydrogen) atoms. The molecule has 2 aromatic rings. The van der Waals surface area contributed by atoms with E-state index in [2.05, 4.69) is 31.0 Å². The molecule has 1 atom stereocenters. The molecule has 104 valence electrons. The second kappa shape index (κ2) is 6.19. The second-order valence-corrected chi connectivity index (χ2v) is 4.78. The first kappa shape index (κ1) is 14.1. The van der Waals surface area contributed by atoms with Crippen LogP contribution >= 0.6 is 0 Å². The number of amidine groups is 1. The Labute approximate surface area is 119 Å². The largest absolute Gasteiger partial charge is 0.439 e. The van der Waals surface area contributed by atoms with Crippen molar-refractivity contribution in [3.8, 4) is 11.6 Å². The van der Waals surface area contributed by atoms with Gasteiger partial charge in [-0.25, -0.2) is 4.98 Å². The molecular formula is C16H19N3O. The van der Waals surface area contributed by atoms with Crippen LogP contribution in [0.5, 0.6) is 11.6 Å². The molecule has 1 aromatic carbocycles. The van der Waals surface area contributed by atoms with Crippen LogP contribution in [0.3, 0.4) is 0 Å². The Morgan fingerprint density at radius 3 is 2.60 bits per heavy atom. The summed E-state index contributed by atoms with van der Waals surface area (Å²) >= 11 is 0. The van der Waals surface area contributed by atoms with Crippen LogP contribution < -0.4 is 10.5 Å². The van der Waals surface area contributed by atoms with Gasteiger partial charge in [0.25, 0.3) is 0 Å². The monoisotopic (exact) mass is 269 g/mol. The summed E-state index contributed by atoms with van der Waals surface area (Å²) < 4.78 is 5.67. The van der Waals surface area contributed by atoms with Gasteiger partial charge >= 0.3 is 0 Å². The third kappa shape index (κ3) is 3.35. The number of aromatic nitrogens is 1. The lowest BCUT2D eigenvalue weighted by Crippen LogP contribution is -2.11. The fraction of sp³-hybridized carbons (Fsp3) is 0.250. The van der Waals surface area contributed by atoms with Crippen molar-refractivity contribution < 1.29 is 4.74 Å². The fourth-order valence-corrected chi connectivity index (χ4v) is 1.85. The minimum absolute atomic E-state index is 0.00404. The molecule has 1 heterocycles. The van der Waals surface area contributed by atoms with Gasteiger partial charge in [-0.05, 0) is 36.1 Å². The molecule has 0 spiro atoms. The Bertz CT molecular complexity index is 593. The lowest BCUT2D eigenvalue weighted by Gasteiger charge is -2.10. The second-order valence-electron chi connectivity index (χ2n) is 4.78. The molecule has 0 saturated heterocycles. The quantitative estimate of drug-likeness (QED) is 0.642. The smallest absolute Gasteiger partial charge is 0.219 e. The van der Waals surface area contributed by atoms with Gasteiger partial charge in [-0.1, -0.05) is 26.0 Å². The zero-order valence-electron chi connectivity index (χ0n) is 11.8. The van der Waals surface area contributed by atoms with Crippen molar-refractivity contribution in [3.63, 3.8) is 0 Å². The number of hydrogen-bond acceptors (Lipinski definition) is 3. The van der Waals surface area contributed by atoms with Gasteiger partial charge in [0.15, 0.2) is 0 Å². The number of rotatable bonds is 5. The average molecular weight is 269 g/mol. The van der Waals surface area contributed by atoms with Crippen LogP contribution in [0.1, 0.15) is 37.3 Å². The number of nitrogens with two attached hydrogens (primary N) is 1. The predicted octanol–water partition coefficient (Wildman–Crippen LogP) is 3.67. The highest BCUT2D eigenvalue weighted by atomic mass is 16.5. The van der Waals surface area contributed by atoms with Crippen molar-refractivity contribution in [1.82, 2.24) is 4.98 Å². The van der Waals surface area contributed by atoms with Crippen molar-refractivity contribution in [1.29, 1.82) is 5.41 Å². The minimum Gasteiger partial charge on any atom is -0.439 e. The summed E-state index contributed by atoms with van der Waals surface area (Å²) in [5, 5.41) is 7.40. The van der Waals surface area contributed by atoms with Crippen LogP contribution in [0.4, 0.5) is 0 Å². The van der Waals surface area contributed by atoms with Crippen molar-refractivity contribution >= 4 is 5.84 Å². The molecule has 2 rings (SSSR count). The van der Waals surface area contributed by atoms with Crippen LogP contribution in [-0.4, -0.2) is 10.8 Å². The van der Waals surface area contributed by atoms with Crippen LogP contribution in [0.25, 0.3) is 0 Å². The number of nitrogens with zero attached hydrogens (tertiary/aromatic N) is 1. The molecule has 4 nitrogen and oxygen atoms in total. The molecule has 0 fully saturated rings. The van der Waals surface area contributed by atoms with Gasteiger partial charge in [-0.2, -0.15) is 0 Å². The van der Waals surface area contributed by atoms with Gasteiger partial charge in [0, 0.05) is 17.8 Å². The molecule has 1 aromatic heterocycles. The lowest BCUT2D eigenvalue weighted by atomic mass is 9.99. The molecular weight excluding hydrogens is 250 g/mol. The molecule has 0 bridgehead atoms. The van der Waals surface area contributed by atoms with Crippen LogP contribution in [0.2, 0.25) is 0 Å². The predicted molar refractivity (Wildman–Crippen MR) is 80.5 cm³/mol. The summed E-state index contributed by atoms with van der Waals surface area (Å²) in [5.74, 6) is 1.71. The third-order valence-corrected chi connectivity index (χ3v) is 3.33. The van der Waals surface area contributed by atoms with E-state index in [1.807, 2.05) is 12.1 Å². The Hall–Kier alpha value is -2.36. The fourth-order valence-electron chi connectivity index (χ4n) is 1.85. The zero-order chi connectivity index (χ0) is 14.5. The van der Waals surface area contributed by atoms with E-state index in [9.17, 15) is 0 Å². The van der Waals surface area contributed by atoms with Crippen molar-refractivity contribution in [2.75, 3.05) is 0 Å². The Morgan fingerprint density at radius 2 is 2.00 bits per heavy atom. The van der Waals surface area contributed by atoms with E-state index in [1.165, 1.54) is 5.56 Å². The number of ether oxygens (including phenoxy) is 1. The maximum Gasteiger partial charge on any atom is 0.219 e. The number of nitrogens with one attached hydrogen (secondary N) is 1. The molecule has 0 aliphatic carbocycles. The normalized spacial score (nSPS) is 11.9. The number of nitrogen functional groups attached to an aromatic ring is 1. The summed E-state index contributed by atoms with van der Waals surface area (Å²) in [6.07, 6.45) is 2.70. The van der Waals surface area contributed by atoms with Crippen molar-refractivity contribution in [2.24, 2.45) is 5.73 Å². The van der Waals surface area contributed by atoms with Crippen LogP contribution in [0.15, 0.2) is 42.6 Å². The molecule has 3 N–H and O–H groups in total. The van der Waals surface area contributed by atoms with E-state index in [1.54, 1.807) is 18.3 Å². The van der Waals surface area contributed by atoms with Gasteiger partial charge in [0.2, 0.25) is 5.88 Å². The van der Waals surface area contributed by atoms with E-state index in [0.29, 0.717) is 17.4 Å². The highest BCUT2D eigenvalue weighted by Crippen LogP contribution is 2.24. The van der Waals surface area contributed by atoms with E-state index >= 15 is 0 Å². The van der Waals surface area contributed by atoms with Crippen LogP contribution in [0, 0.1) is 5.41 Å². The summed E-state index contributed by atoms with van der Waals surface area (Å²) in [6, 6.07) is 11.3. The first-order valence-corrected chi connectivity index (χ1v) is 6.68. The average Bonchev–Trinajstić information content (AvgIpc) is 2.47. The SMILES string of the molecule is CCC(C)c1ccc(Oc2cc(C(=N)N)ccn2)cc1. The van der Waals surface area contributed by atoms with Crippen molar-refractivity contribution in [2.45, 2.75) is 26.2 Å². The van der Waals surface area contributed by atoms with Gasteiger partial charge in [0.05, 0.1) is 0 Å². The number of hydrogen-bond donors (Lipinski definition) is 2. The third-order valence-electron chi connectivity index (χ3n) is 3.33. The maximum absolute atomic E-state index is 7.40. The Morgan fingerprint density at radius 1 is 1.30 bits per heavy atom.